The average Bonchev–Trinajstić information content (AvgIpc) is 3.43. The Morgan fingerprint density at radius 1 is 1.16 bits per heavy atom. The molecule has 1 aromatic carbocycles. The second-order valence-corrected chi connectivity index (χ2v) is 8.87. The maximum absolute atomic E-state index is 11.5. The lowest BCUT2D eigenvalue weighted by molar-refractivity contribution is 0.0697. The maximum atomic E-state index is 11.5. The van der Waals surface area contributed by atoms with E-state index >= 15 is 0 Å². The Morgan fingerprint density at radius 2 is 2.03 bits per heavy atom. The quantitative estimate of drug-likeness (QED) is 0.495. The number of benzene rings is 1. The summed E-state index contributed by atoms with van der Waals surface area (Å²) in [6.45, 7) is 3.37. The van der Waals surface area contributed by atoms with Crippen LogP contribution in [-0.2, 0) is 13.1 Å². The second-order valence-electron chi connectivity index (χ2n) is 7.90. The Labute approximate surface area is 184 Å². The van der Waals surface area contributed by atoms with Crippen LogP contribution in [0.3, 0.4) is 0 Å². The third kappa shape index (κ3) is 4.22. The number of nitrogens with zero attached hydrogens (tertiary/aromatic N) is 5. The minimum absolute atomic E-state index is 0.278. The highest BCUT2D eigenvalue weighted by molar-refractivity contribution is 7.09. The second kappa shape index (κ2) is 8.56. The number of fused-ring (bicyclic) bond motifs is 1. The summed E-state index contributed by atoms with van der Waals surface area (Å²) in [5.74, 6) is 0.541. The molecular weight excluding hydrogens is 410 g/mol. The molecule has 4 heterocycles. The summed E-state index contributed by atoms with van der Waals surface area (Å²) in [6, 6.07) is 11.3. The predicted molar refractivity (Wildman–Crippen MR) is 119 cm³/mol. The Balaban J connectivity index is 1.39. The number of hydrogen-bond donors (Lipinski definition) is 1. The van der Waals surface area contributed by atoms with Crippen LogP contribution in [0.4, 0.5) is 0 Å². The van der Waals surface area contributed by atoms with Gasteiger partial charge in [-0.1, -0.05) is 6.07 Å². The van der Waals surface area contributed by atoms with Gasteiger partial charge in [0.15, 0.2) is 0 Å². The lowest BCUT2D eigenvalue weighted by Crippen LogP contribution is -2.33. The van der Waals surface area contributed by atoms with Gasteiger partial charge in [-0.15, -0.1) is 11.3 Å². The summed E-state index contributed by atoms with van der Waals surface area (Å²) in [4.78, 5) is 28.6. The molecule has 5 rings (SSSR count). The number of aromatic nitrogens is 4. The van der Waals surface area contributed by atoms with Crippen molar-refractivity contribution < 1.29 is 9.90 Å². The van der Waals surface area contributed by atoms with Crippen molar-refractivity contribution in [2.45, 2.75) is 31.8 Å². The Morgan fingerprint density at radius 3 is 2.74 bits per heavy atom. The molecular formula is C23H23N5O2S. The van der Waals surface area contributed by atoms with Crippen LogP contribution in [-0.4, -0.2) is 48.6 Å². The zero-order valence-electron chi connectivity index (χ0n) is 17.0. The van der Waals surface area contributed by atoms with E-state index in [1.54, 1.807) is 29.5 Å². The molecule has 0 aliphatic carbocycles. The number of imidazole rings is 1. The summed E-state index contributed by atoms with van der Waals surface area (Å²) >= 11 is 1.60. The number of carboxylic acid groups (broad SMARTS) is 1. The topological polar surface area (TPSA) is 84.1 Å². The van der Waals surface area contributed by atoms with Crippen molar-refractivity contribution in [1.29, 1.82) is 0 Å². The Kier molecular flexibility index (Phi) is 5.48. The molecule has 0 bridgehead atoms. The molecule has 0 amide bonds. The van der Waals surface area contributed by atoms with Gasteiger partial charge in [-0.05, 0) is 56.3 Å². The molecule has 1 aliphatic heterocycles. The summed E-state index contributed by atoms with van der Waals surface area (Å²) in [5, 5.41) is 9.43. The smallest absolute Gasteiger partial charge is 0.335 e. The number of carboxylic acids is 1. The molecule has 1 saturated heterocycles. The summed E-state index contributed by atoms with van der Waals surface area (Å²) in [5.41, 5.74) is 4.96. The predicted octanol–water partition coefficient (Wildman–Crippen LogP) is 4.01. The van der Waals surface area contributed by atoms with Crippen molar-refractivity contribution in [1.82, 2.24) is 24.4 Å². The van der Waals surface area contributed by atoms with E-state index in [2.05, 4.69) is 31.6 Å². The van der Waals surface area contributed by atoms with Crippen LogP contribution in [0, 0.1) is 0 Å². The zero-order chi connectivity index (χ0) is 21.2. The standard InChI is InChI=1S/C23H23N5O2S/c29-23(30)17-4-5-20-21(11-17)28(13-18-12-24-15-31-18)22(26-20)14-27-9-6-16(7-10-27)19-3-1-2-8-25-19/h1-5,8,11-12,15-16H,6-7,9-10,13-14H2,(H,29,30). The van der Waals surface area contributed by atoms with Crippen molar-refractivity contribution in [3.05, 3.63) is 76.3 Å². The van der Waals surface area contributed by atoms with Gasteiger partial charge >= 0.3 is 5.97 Å². The van der Waals surface area contributed by atoms with E-state index < -0.39 is 5.97 Å². The summed E-state index contributed by atoms with van der Waals surface area (Å²) in [7, 11) is 0. The van der Waals surface area contributed by atoms with E-state index in [1.807, 2.05) is 24.0 Å². The van der Waals surface area contributed by atoms with Crippen LogP contribution in [0.1, 0.15) is 45.5 Å². The number of thiazole rings is 1. The summed E-state index contributed by atoms with van der Waals surface area (Å²) < 4.78 is 2.14. The fourth-order valence-corrected chi connectivity index (χ4v) is 4.87. The number of aromatic carboxylic acids is 1. The third-order valence-corrected chi connectivity index (χ3v) is 6.69. The number of likely N-dealkylation sites (tertiary alicyclic amines) is 1. The van der Waals surface area contributed by atoms with Gasteiger partial charge in [0, 0.05) is 28.9 Å². The van der Waals surface area contributed by atoms with Gasteiger partial charge in [-0.25, -0.2) is 9.78 Å². The first kappa shape index (κ1) is 19.8. The normalized spacial score (nSPS) is 15.5. The van der Waals surface area contributed by atoms with Gasteiger partial charge in [-0.3, -0.25) is 14.9 Å². The molecule has 1 N–H and O–H groups in total. The lowest BCUT2D eigenvalue weighted by Gasteiger charge is -2.31. The van der Waals surface area contributed by atoms with Crippen LogP contribution >= 0.6 is 11.3 Å². The molecule has 158 valence electrons. The molecule has 0 unspecified atom stereocenters. The average molecular weight is 434 g/mol. The highest BCUT2D eigenvalue weighted by Crippen LogP contribution is 2.28. The van der Waals surface area contributed by atoms with E-state index in [0.29, 0.717) is 12.5 Å². The van der Waals surface area contributed by atoms with E-state index in [0.717, 1.165) is 54.2 Å². The zero-order valence-corrected chi connectivity index (χ0v) is 17.8. The first-order valence-electron chi connectivity index (χ1n) is 10.4. The SMILES string of the molecule is O=C(O)c1ccc2nc(CN3CCC(c4ccccn4)CC3)n(Cc3cncs3)c2c1. The minimum atomic E-state index is -0.925. The van der Waals surface area contributed by atoms with Crippen molar-refractivity contribution in [3.63, 3.8) is 0 Å². The molecule has 0 spiro atoms. The third-order valence-electron chi connectivity index (χ3n) is 5.93. The molecule has 7 nitrogen and oxygen atoms in total. The van der Waals surface area contributed by atoms with Gasteiger partial charge in [-0.2, -0.15) is 0 Å². The van der Waals surface area contributed by atoms with Crippen LogP contribution < -0.4 is 0 Å². The fourth-order valence-electron chi connectivity index (χ4n) is 4.28. The van der Waals surface area contributed by atoms with E-state index in [1.165, 1.54) is 5.69 Å². The van der Waals surface area contributed by atoms with Gasteiger partial charge in [0.25, 0.3) is 0 Å². The minimum Gasteiger partial charge on any atom is -0.478 e. The van der Waals surface area contributed by atoms with Crippen molar-refractivity contribution in [2.24, 2.45) is 0 Å². The van der Waals surface area contributed by atoms with Crippen LogP contribution in [0.25, 0.3) is 11.0 Å². The first-order valence-corrected chi connectivity index (χ1v) is 11.3. The molecule has 4 aromatic rings. The first-order chi connectivity index (χ1) is 15.2. The van der Waals surface area contributed by atoms with Crippen molar-refractivity contribution >= 4 is 28.3 Å². The van der Waals surface area contributed by atoms with Crippen LogP contribution in [0.15, 0.2) is 54.3 Å². The molecule has 3 aromatic heterocycles. The van der Waals surface area contributed by atoms with Gasteiger partial charge in [0.1, 0.15) is 5.82 Å². The van der Waals surface area contributed by atoms with Crippen LogP contribution in [0.2, 0.25) is 0 Å². The van der Waals surface area contributed by atoms with Crippen molar-refractivity contribution in [3.8, 4) is 0 Å². The molecule has 1 fully saturated rings. The monoisotopic (exact) mass is 433 g/mol. The maximum Gasteiger partial charge on any atom is 0.335 e. The van der Waals surface area contributed by atoms with Crippen molar-refractivity contribution in [2.75, 3.05) is 13.1 Å². The van der Waals surface area contributed by atoms with E-state index in [-0.39, 0.29) is 5.56 Å². The van der Waals surface area contributed by atoms with Gasteiger partial charge < -0.3 is 9.67 Å². The molecule has 0 saturated carbocycles. The molecule has 8 heteroatoms. The Hall–Kier alpha value is -3.10. The number of rotatable bonds is 6. The van der Waals surface area contributed by atoms with Crippen LogP contribution in [0.5, 0.6) is 0 Å². The highest BCUT2D eigenvalue weighted by Gasteiger charge is 2.23. The molecule has 1 aliphatic rings. The number of pyridine rings is 1. The number of piperidine rings is 1. The Bertz CT molecular complexity index is 1180. The fraction of sp³-hybridized carbons (Fsp3) is 0.304. The van der Waals surface area contributed by atoms with E-state index in [4.69, 9.17) is 4.98 Å². The van der Waals surface area contributed by atoms with E-state index in [9.17, 15) is 9.90 Å². The largest absolute Gasteiger partial charge is 0.478 e. The lowest BCUT2D eigenvalue weighted by atomic mass is 9.93. The molecule has 0 atom stereocenters. The van der Waals surface area contributed by atoms with Gasteiger partial charge in [0.2, 0.25) is 0 Å². The summed E-state index contributed by atoms with van der Waals surface area (Å²) in [6.07, 6.45) is 5.89. The highest BCUT2D eigenvalue weighted by atomic mass is 32.1. The molecule has 0 radical (unpaired) electrons. The number of carbonyl (C=O) groups is 1. The van der Waals surface area contributed by atoms with Gasteiger partial charge in [0.05, 0.1) is 35.2 Å². The molecule has 31 heavy (non-hydrogen) atoms. The number of hydrogen-bond acceptors (Lipinski definition) is 6.